The van der Waals surface area contributed by atoms with Crippen LogP contribution in [0.15, 0.2) is 41.4 Å². The molecule has 0 radical (unpaired) electrons. The minimum Gasteiger partial charge on any atom is -0.460 e. The van der Waals surface area contributed by atoms with Gasteiger partial charge < -0.3 is 20.5 Å². The van der Waals surface area contributed by atoms with Crippen molar-refractivity contribution in [2.45, 2.75) is 31.4 Å². The van der Waals surface area contributed by atoms with Gasteiger partial charge in [-0.15, -0.1) is 0 Å². The van der Waals surface area contributed by atoms with Crippen molar-refractivity contribution in [3.8, 4) is 6.07 Å². The zero-order valence-electron chi connectivity index (χ0n) is 17.8. The summed E-state index contributed by atoms with van der Waals surface area (Å²) in [6.45, 7) is 0.994. The summed E-state index contributed by atoms with van der Waals surface area (Å²) in [5, 5.41) is 11.8. The number of nitriles is 1. The number of methoxy groups -OCH3 is 1. The number of carbonyl (C=O) groups excluding carboxylic acids is 1. The van der Waals surface area contributed by atoms with Crippen molar-refractivity contribution in [1.82, 2.24) is 0 Å². The van der Waals surface area contributed by atoms with Crippen LogP contribution in [0.4, 0.5) is 14.5 Å². The molecule has 9 heteroatoms. The van der Waals surface area contributed by atoms with Gasteiger partial charge in [-0.2, -0.15) is 5.26 Å². The normalized spacial score (nSPS) is 20.1. The van der Waals surface area contributed by atoms with E-state index in [0.717, 1.165) is 6.07 Å². The van der Waals surface area contributed by atoms with Gasteiger partial charge in [0.1, 0.15) is 24.1 Å². The first-order chi connectivity index (χ1) is 15.4. The molecule has 7 nitrogen and oxygen atoms in total. The highest BCUT2D eigenvalue weighted by molar-refractivity contribution is 6.05. The predicted octanol–water partition coefficient (Wildman–Crippen LogP) is 3.43. The molecule has 32 heavy (non-hydrogen) atoms. The number of anilines is 1. The minimum absolute atomic E-state index is 0.0158. The van der Waals surface area contributed by atoms with E-state index in [1.807, 2.05) is 13.0 Å². The van der Waals surface area contributed by atoms with Gasteiger partial charge in [0.25, 0.3) is 11.9 Å². The topological polar surface area (TPSA) is 110 Å². The SMILES string of the molecule is CCc1cc(C#N)ccc1C(=O)Nc1ccc(F)c(C2(CF)CC(COC)OC(N)=N2)c1. The molecule has 0 aromatic heterocycles. The average molecular weight is 442 g/mol. The van der Waals surface area contributed by atoms with Gasteiger partial charge in [-0.3, -0.25) is 4.79 Å². The number of nitrogens with one attached hydrogen (secondary N) is 1. The first kappa shape index (κ1) is 23.2. The quantitative estimate of drug-likeness (QED) is 0.683. The van der Waals surface area contributed by atoms with E-state index >= 15 is 0 Å². The maximum Gasteiger partial charge on any atom is 0.283 e. The summed E-state index contributed by atoms with van der Waals surface area (Å²) in [4.78, 5) is 16.9. The molecular formula is C23H24F2N4O3. The van der Waals surface area contributed by atoms with Crippen LogP contribution in [-0.2, 0) is 21.4 Å². The molecule has 2 aromatic carbocycles. The van der Waals surface area contributed by atoms with E-state index in [4.69, 9.17) is 20.5 Å². The molecule has 0 bridgehead atoms. The molecule has 1 aliphatic heterocycles. The van der Waals surface area contributed by atoms with Crippen molar-refractivity contribution in [1.29, 1.82) is 5.26 Å². The third-order valence-electron chi connectivity index (χ3n) is 5.34. The molecule has 168 valence electrons. The molecule has 0 aliphatic carbocycles. The summed E-state index contributed by atoms with van der Waals surface area (Å²) < 4.78 is 39.5. The summed E-state index contributed by atoms with van der Waals surface area (Å²) >= 11 is 0. The van der Waals surface area contributed by atoms with Crippen molar-refractivity contribution >= 4 is 17.6 Å². The Morgan fingerprint density at radius 3 is 2.84 bits per heavy atom. The monoisotopic (exact) mass is 442 g/mol. The number of amidine groups is 1. The van der Waals surface area contributed by atoms with Gasteiger partial charge in [0.2, 0.25) is 0 Å². The van der Waals surface area contributed by atoms with Crippen LogP contribution in [-0.4, -0.2) is 38.4 Å². The second-order valence-electron chi connectivity index (χ2n) is 7.50. The number of carbonyl (C=O) groups is 1. The van der Waals surface area contributed by atoms with Crippen molar-refractivity contribution in [2.75, 3.05) is 25.7 Å². The Bertz CT molecular complexity index is 1080. The average Bonchev–Trinajstić information content (AvgIpc) is 2.79. The van der Waals surface area contributed by atoms with Crippen molar-refractivity contribution in [3.63, 3.8) is 0 Å². The molecule has 1 aliphatic rings. The number of alkyl halides is 1. The van der Waals surface area contributed by atoms with E-state index in [9.17, 15) is 13.6 Å². The first-order valence-electron chi connectivity index (χ1n) is 10.1. The van der Waals surface area contributed by atoms with E-state index in [0.29, 0.717) is 23.1 Å². The molecular weight excluding hydrogens is 418 g/mol. The van der Waals surface area contributed by atoms with Gasteiger partial charge in [0, 0.05) is 30.3 Å². The smallest absolute Gasteiger partial charge is 0.283 e. The van der Waals surface area contributed by atoms with Crippen molar-refractivity contribution in [3.05, 3.63) is 64.5 Å². The minimum atomic E-state index is -1.60. The molecule has 1 heterocycles. The van der Waals surface area contributed by atoms with E-state index in [2.05, 4.69) is 10.3 Å². The third kappa shape index (κ3) is 4.70. The summed E-state index contributed by atoms with van der Waals surface area (Å²) in [6.07, 6.45) is -0.0361. The molecule has 3 N–H and O–H groups in total. The highest BCUT2D eigenvalue weighted by Gasteiger charge is 2.42. The fraction of sp³-hybridized carbons (Fsp3) is 0.348. The van der Waals surface area contributed by atoms with Gasteiger partial charge in [-0.25, -0.2) is 13.8 Å². The molecule has 2 aromatic rings. The number of aliphatic imine (C=N–C) groups is 1. The lowest BCUT2D eigenvalue weighted by atomic mass is 9.84. The van der Waals surface area contributed by atoms with Gasteiger partial charge in [-0.1, -0.05) is 6.92 Å². The summed E-state index contributed by atoms with van der Waals surface area (Å²) in [5.41, 5.74) is 5.92. The Morgan fingerprint density at radius 2 is 2.19 bits per heavy atom. The number of ether oxygens (including phenoxy) is 2. The van der Waals surface area contributed by atoms with Gasteiger partial charge in [0.05, 0.1) is 18.2 Å². The Labute approximate surface area is 184 Å². The summed E-state index contributed by atoms with van der Waals surface area (Å²) in [5.74, 6) is -1.10. The second kappa shape index (κ2) is 9.75. The number of halogens is 2. The van der Waals surface area contributed by atoms with Gasteiger partial charge in [0.15, 0.2) is 0 Å². The first-order valence-corrected chi connectivity index (χ1v) is 10.1. The highest BCUT2D eigenvalue weighted by atomic mass is 19.1. The van der Waals surface area contributed by atoms with Crippen molar-refractivity contribution < 1.29 is 23.0 Å². The Balaban J connectivity index is 1.95. The van der Waals surface area contributed by atoms with Crippen LogP contribution in [0.1, 0.15) is 40.4 Å². The number of rotatable bonds is 7. The molecule has 1 amide bonds. The number of hydrogen-bond donors (Lipinski definition) is 2. The summed E-state index contributed by atoms with van der Waals surface area (Å²) in [7, 11) is 1.47. The largest absolute Gasteiger partial charge is 0.460 e. The molecule has 2 atom stereocenters. The van der Waals surface area contributed by atoms with Crippen LogP contribution >= 0.6 is 0 Å². The zero-order valence-corrected chi connectivity index (χ0v) is 17.8. The maximum atomic E-state index is 14.8. The lowest BCUT2D eigenvalue weighted by Crippen LogP contribution is -2.44. The lowest BCUT2D eigenvalue weighted by molar-refractivity contribution is 0.0307. The number of hydrogen-bond acceptors (Lipinski definition) is 6. The van der Waals surface area contributed by atoms with Gasteiger partial charge in [-0.05, 0) is 48.4 Å². The molecule has 2 unspecified atom stereocenters. The van der Waals surface area contributed by atoms with Crippen LogP contribution in [0.25, 0.3) is 0 Å². The zero-order chi connectivity index (χ0) is 23.3. The highest BCUT2D eigenvalue weighted by Crippen LogP contribution is 2.38. The second-order valence-corrected chi connectivity index (χ2v) is 7.50. The number of aryl methyl sites for hydroxylation is 1. The van der Waals surface area contributed by atoms with Crippen molar-refractivity contribution in [2.24, 2.45) is 10.7 Å². The van der Waals surface area contributed by atoms with Crippen LogP contribution in [0.2, 0.25) is 0 Å². The standard InChI is InChI=1S/C23H24F2N4O3/c1-3-15-8-14(11-26)4-6-18(15)21(30)28-16-5-7-20(25)19(9-16)23(13-24)10-17(12-31-2)32-22(27)29-23/h4-9,17H,3,10,12-13H2,1-2H3,(H2,27,29)(H,28,30). The Kier molecular flexibility index (Phi) is 7.05. The van der Waals surface area contributed by atoms with Crippen LogP contribution in [0, 0.1) is 17.1 Å². The van der Waals surface area contributed by atoms with Crippen LogP contribution in [0.5, 0.6) is 0 Å². The molecule has 0 spiro atoms. The van der Waals surface area contributed by atoms with E-state index in [-0.39, 0.29) is 30.3 Å². The summed E-state index contributed by atoms with van der Waals surface area (Å²) in [6, 6.07) is 10.5. The number of nitrogens with two attached hydrogens (primary N) is 1. The molecule has 0 saturated carbocycles. The number of amides is 1. The van der Waals surface area contributed by atoms with E-state index < -0.39 is 30.0 Å². The van der Waals surface area contributed by atoms with Crippen LogP contribution in [0.3, 0.4) is 0 Å². The van der Waals surface area contributed by atoms with Crippen LogP contribution < -0.4 is 11.1 Å². The maximum absolute atomic E-state index is 14.8. The van der Waals surface area contributed by atoms with E-state index in [1.165, 1.54) is 19.2 Å². The Hall–Kier alpha value is -3.51. The number of benzene rings is 2. The lowest BCUT2D eigenvalue weighted by Gasteiger charge is -2.35. The van der Waals surface area contributed by atoms with E-state index in [1.54, 1.807) is 18.2 Å². The Morgan fingerprint density at radius 1 is 1.41 bits per heavy atom. The molecule has 0 saturated heterocycles. The predicted molar refractivity (Wildman–Crippen MR) is 116 cm³/mol. The number of nitrogens with zero attached hydrogens (tertiary/aromatic N) is 2. The van der Waals surface area contributed by atoms with Gasteiger partial charge >= 0.3 is 0 Å². The molecule has 3 rings (SSSR count). The fourth-order valence-corrected chi connectivity index (χ4v) is 3.81. The fourth-order valence-electron chi connectivity index (χ4n) is 3.81. The molecule has 0 fully saturated rings. The third-order valence-corrected chi connectivity index (χ3v) is 5.34.